The van der Waals surface area contributed by atoms with Gasteiger partial charge in [0.2, 0.25) is 5.91 Å². The van der Waals surface area contributed by atoms with Gasteiger partial charge in [0, 0.05) is 47.3 Å². The van der Waals surface area contributed by atoms with Crippen LogP contribution in [0.5, 0.6) is 0 Å². The van der Waals surface area contributed by atoms with E-state index in [1.165, 1.54) is 12.1 Å². The summed E-state index contributed by atoms with van der Waals surface area (Å²) in [5.74, 6) is -1.01. The Morgan fingerprint density at radius 1 is 1.15 bits per heavy atom. The molecule has 1 amide bonds. The van der Waals surface area contributed by atoms with Gasteiger partial charge in [-0.05, 0) is 35.4 Å². The second-order valence-electron chi connectivity index (χ2n) is 6.53. The van der Waals surface area contributed by atoms with Crippen molar-refractivity contribution in [2.45, 2.75) is 23.7 Å². The van der Waals surface area contributed by atoms with Gasteiger partial charge in [-0.2, -0.15) is 0 Å². The van der Waals surface area contributed by atoms with E-state index in [1.54, 1.807) is 30.5 Å². The molecule has 4 nitrogen and oxygen atoms in total. The molecular weight excluding hydrogens is 353 g/mol. The third kappa shape index (κ3) is 4.25. The molecule has 1 saturated heterocycles. The predicted octanol–water partition coefficient (Wildman–Crippen LogP) is 2.59. The van der Waals surface area contributed by atoms with Crippen LogP contribution in [0.15, 0.2) is 53.4 Å². The zero-order valence-electron chi connectivity index (χ0n) is 14.4. The minimum atomic E-state index is -1.05. The molecule has 1 aliphatic heterocycles. The van der Waals surface area contributed by atoms with Crippen LogP contribution in [0.1, 0.15) is 23.5 Å². The van der Waals surface area contributed by atoms with Gasteiger partial charge in [-0.15, -0.1) is 0 Å². The number of amides is 1. The molecule has 1 N–H and O–H groups in total. The summed E-state index contributed by atoms with van der Waals surface area (Å²) in [5.41, 5.74) is 1.69. The molecule has 6 heteroatoms. The largest absolute Gasteiger partial charge is 0.355 e. The number of Topliss-reactive ketones (excluding diaryl/α,β-unsaturated/α-hetero) is 1. The second-order valence-corrected chi connectivity index (χ2v) is 7.91. The van der Waals surface area contributed by atoms with Crippen molar-refractivity contribution in [3.05, 3.63) is 65.5 Å². The highest BCUT2D eigenvalue weighted by Crippen LogP contribution is 2.32. The van der Waals surface area contributed by atoms with Crippen LogP contribution in [0.3, 0.4) is 0 Å². The fraction of sp³-hybridized carbons (Fsp3) is 0.300. The Kier molecular flexibility index (Phi) is 5.61. The number of hydrogen-bond acceptors (Lipinski definition) is 3. The summed E-state index contributed by atoms with van der Waals surface area (Å²) in [4.78, 5) is 25.3. The Labute approximate surface area is 154 Å². The maximum absolute atomic E-state index is 13.0. The smallest absolute Gasteiger partial charge is 0.224 e. The Morgan fingerprint density at radius 3 is 2.42 bits per heavy atom. The van der Waals surface area contributed by atoms with Gasteiger partial charge in [0.25, 0.3) is 0 Å². The van der Waals surface area contributed by atoms with Gasteiger partial charge in [0.15, 0.2) is 0 Å². The number of halogens is 1. The Bertz CT molecular complexity index is 833. The minimum absolute atomic E-state index is 0.0464. The molecule has 2 aromatic rings. The lowest BCUT2D eigenvalue weighted by Crippen LogP contribution is -2.23. The maximum atomic E-state index is 13.0. The quantitative estimate of drug-likeness (QED) is 0.847. The predicted molar refractivity (Wildman–Crippen MR) is 97.7 cm³/mol. The lowest BCUT2D eigenvalue weighted by Gasteiger charge is -2.17. The number of ketones is 1. The highest BCUT2D eigenvalue weighted by atomic mass is 32.2. The number of rotatable bonds is 6. The standard InChI is InChI=1S/C20H20FNO3S/c1-26(25)17-8-4-14(5-9-17)19-12-22-20(24)18(19)11-16(23)10-13-2-6-15(21)7-3-13/h2-9,18-19H,10-12H2,1H3,(H,22,24)/t18-,19-,26?/m0/s1. The van der Waals surface area contributed by atoms with E-state index in [0.29, 0.717) is 6.54 Å². The zero-order valence-corrected chi connectivity index (χ0v) is 15.2. The van der Waals surface area contributed by atoms with E-state index in [1.807, 2.05) is 12.1 Å². The molecule has 1 aliphatic rings. The molecule has 26 heavy (non-hydrogen) atoms. The fourth-order valence-corrected chi connectivity index (χ4v) is 3.83. The summed E-state index contributed by atoms with van der Waals surface area (Å²) in [5, 5.41) is 2.83. The molecule has 0 bridgehead atoms. The number of benzene rings is 2. The molecule has 3 rings (SSSR count). The molecule has 0 saturated carbocycles. The van der Waals surface area contributed by atoms with E-state index < -0.39 is 16.7 Å². The second kappa shape index (κ2) is 7.91. The normalized spacial score (nSPS) is 20.6. The molecule has 1 heterocycles. The van der Waals surface area contributed by atoms with E-state index in [-0.39, 0.29) is 36.3 Å². The number of hydrogen-bond donors (Lipinski definition) is 1. The van der Waals surface area contributed by atoms with Gasteiger partial charge in [-0.25, -0.2) is 4.39 Å². The van der Waals surface area contributed by atoms with Crippen molar-refractivity contribution >= 4 is 22.5 Å². The van der Waals surface area contributed by atoms with Crippen molar-refractivity contribution < 1.29 is 18.2 Å². The first-order valence-corrected chi connectivity index (χ1v) is 9.97. The van der Waals surface area contributed by atoms with Crippen LogP contribution in [-0.4, -0.2) is 28.7 Å². The van der Waals surface area contributed by atoms with Crippen molar-refractivity contribution in [3.8, 4) is 0 Å². The maximum Gasteiger partial charge on any atom is 0.224 e. The first-order valence-electron chi connectivity index (χ1n) is 8.41. The average molecular weight is 373 g/mol. The van der Waals surface area contributed by atoms with Crippen molar-refractivity contribution in [2.75, 3.05) is 12.8 Å². The topological polar surface area (TPSA) is 63.2 Å². The van der Waals surface area contributed by atoms with Crippen molar-refractivity contribution in [1.29, 1.82) is 0 Å². The van der Waals surface area contributed by atoms with Crippen LogP contribution < -0.4 is 5.32 Å². The molecule has 0 aromatic heterocycles. The van der Waals surface area contributed by atoms with E-state index in [0.717, 1.165) is 16.0 Å². The lowest BCUT2D eigenvalue weighted by atomic mass is 9.84. The molecule has 1 unspecified atom stereocenters. The van der Waals surface area contributed by atoms with Gasteiger partial charge in [0.1, 0.15) is 11.6 Å². The molecule has 0 aliphatic carbocycles. The molecule has 3 atom stereocenters. The van der Waals surface area contributed by atoms with E-state index in [4.69, 9.17) is 0 Å². The SMILES string of the molecule is CS(=O)c1ccc([C@@H]2CNC(=O)[C@H]2CC(=O)Cc2ccc(F)cc2)cc1. The Morgan fingerprint density at radius 2 is 1.81 bits per heavy atom. The van der Waals surface area contributed by atoms with Gasteiger partial charge in [-0.1, -0.05) is 24.3 Å². The summed E-state index contributed by atoms with van der Waals surface area (Å²) < 4.78 is 24.5. The number of nitrogens with one attached hydrogen (secondary N) is 1. The molecule has 0 radical (unpaired) electrons. The average Bonchev–Trinajstić information content (AvgIpc) is 2.97. The Hall–Kier alpha value is -2.34. The van der Waals surface area contributed by atoms with Crippen LogP contribution in [0.4, 0.5) is 4.39 Å². The monoisotopic (exact) mass is 373 g/mol. The van der Waals surface area contributed by atoms with Crippen molar-refractivity contribution in [2.24, 2.45) is 5.92 Å². The fourth-order valence-electron chi connectivity index (χ4n) is 3.31. The van der Waals surface area contributed by atoms with Crippen molar-refractivity contribution in [3.63, 3.8) is 0 Å². The van der Waals surface area contributed by atoms with Gasteiger partial charge in [0.05, 0.1) is 5.92 Å². The first kappa shape index (κ1) is 18.5. The third-order valence-corrected chi connectivity index (χ3v) is 5.66. The summed E-state index contributed by atoms with van der Waals surface area (Å²) >= 11 is 0. The number of carbonyl (C=O) groups excluding carboxylic acids is 2. The van der Waals surface area contributed by atoms with Gasteiger partial charge in [-0.3, -0.25) is 13.8 Å². The first-order chi connectivity index (χ1) is 12.4. The van der Waals surface area contributed by atoms with Crippen LogP contribution in [-0.2, 0) is 26.8 Å². The summed E-state index contributed by atoms with van der Waals surface area (Å²) in [6.45, 7) is 0.488. The van der Waals surface area contributed by atoms with Crippen LogP contribution in [0.25, 0.3) is 0 Å². The van der Waals surface area contributed by atoms with Crippen LogP contribution >= 0.6 is 0 Å². The molecule has 136 valence electrons. The Balaban J connectivity index is 1.70. The molecule has 0 spiro atoms. The van der Waals surface area contributed by atoms with Crippen molar-refractivity contribution in [1.82, 2.24) is 5.32 Å². The minimum Gasteiger partial charge on any atom is -0.355 e. The zero-order chi connectivity index (χ0) is 18.7. The number of carbonyl (C=O) groups is 2. The lowest BCUT2D eigenvalue weighted by molar-refractivity contribution is -0.127. The van der Waals surface area contributed by atoms with E-state index in [2.05, 4.69) is 5.32 Å². The highest BCUT2D eigenvalue weighted by Gasteiger charge is 2.36. The van der Waals surface area contributed by atoms with Gasteiger partial charge >= 0.3 is 0 Å². The van der Waals surface area contributed by atoms with Crippen LogP contribution in [0, 0.1) is 11.7 Å². The summed E-state index contributed by atoms with van der Waals surface area (Å²) in [6, 6.07) is 13.2. The summed E-state index contributed by atoms with van der Waals surface area (Å²) in [6.07, 6.45) is 1.95. The third-order valence-electron chi connectivity index (χ3n) is 4.72. The van der Waals surface area contributed by atoms with E-state index >= 15 is 0 Å². The molecular formula is C20H20FNO3S. The molecule has 1 fully saturated rings. The summed E-state index contributed by atoms with van der Waals surface area (Å²) in [7, 11) is -1.05. The highest BCUT2D eigenvalue weighted by molar-refractivity contribution is 7.84. The van der Waals surface area contributed by atoms with E-state index in [9.17, 15) is 18.2 Å². The molecule has 2 aromatic carbocycles. The van der Waals surface area contributed by atoms with Gasteiger partial charge < -0.3 is 5.32 Å². The van der Waals surface area contributed by atoms with Crippen LogP contribution in [0.2, 0.25) is 0 Å².